The van der Waals surface area contributed by atoms with Gasteiger partial charge in [0, 0.05) is 25.2 Å². The van der Waals surface area contributed by atoms with Crippen LogP contribution in [0.15, 0.2) is 89.8 Å². The zero-order valence-corrected chi connectivity index (χ0v) is 27.1. The highest BCUT2D eigenvalue weighted by Gasteiger charge is 2.51. The van der Waals surface area contributed by atoms with Gasteiger partial charge in [-0.25, -0.2) is 4.79 Å². The molecule has 1 aliphatic heterocycles. The Morgan fingerprint density at radius 3 is 2.04 bits per heavy atom. The topological polar surface area (TPSA) is 134 Å². The summed E-state index contributed by atoms with van der Waals surface area (Å²) in [5.74, 6) is -0.163. The molecule has 244 valence electrons. The van der Waals surface area contributed by atoms with Gasteiger partial charge in [-0.15, -0.1) is 0 Å². The highest BCUT2D eigenvalue weighted by atomic mass is 32.2. The molecule has 1 heterocycles. The van der Waals surface area contributed by atoms with Crippen LogP contribution in [0.25, 0.3) is 0 Å². The Morgan fingerprint density at radius 2 is 1.48 bits per heavy atom. The van der Waals surface area contributed by atoms with E-state index in [-0.39, 0.29) is 28.4 Å². The summed E-state index contributed by atoms with van der Waals surface area (Å²) >= 11 is 0. The van der Waals surface area contributed by atoms with Crippen LogP contribution in [0.3, 0.4) is 0 Å². The number of anilines is 1. The lowest BCUT2D eigenvalue weighted by Gasteiger charge is -2.33. The number of hydrogen-bond acceptors (Lipinski definition) is 7. The monoisotopic (exact) mass is 648 g/mol. The van der Waals surface area contributed by atoms with Crippen molar-refractivity contribution in [3.63, 3.8) is 0 Å². The molecule has 0 bridgehead atoms. The summed E-state index contributed by atoms with van der Waals surface area (Å²) in [7, 11) is -4.18. The summed E-state index contributed by atoms with van der Waals surface area (Å²) in [6, 6.07) is 22.5. The van der Waals surface area contributed by atoms with Gasteiger partial charge in [-0.05, 0) is 101 Å². The van der Waals surface area contributed by atoms with Crippen LogP contribution in [0.2, 0.25) is 0 Å². The predicted molar refractivity (Wildman–Crippen MR) is 173 cm³/mol. The van der Waals surface area contributed by atoms with Gasteiger partial charge in [0.15, 0.2) is 5.75 Å². The van der Waals surface area contributed by atoms with Crippen LogP contribution in [0.4, 0.5) is 10.5 Å². The average molecular weight is 649 g/mol. The Labute approximate surface area is 269 Å². The van der Waals surface area contributed by atoms with Gasteiger partial charge in [-0.1, -0.05) is 40.9 Å². The summed E-state index contributed by atoms with van der Waals surface area (Å²) in [4.78, 5) is 46.0. The molecule has 0 radical (unpaired) electrons. The molecule has 1 saturated carbocycles. The van der Waals surface area contributed by atoms with Gasteiger partial charge in [0.25, 0.3) is 15.9 Å². The van der Waals surface area contributed by atoms with Crippen molar-refractivity contribution in [2.45, 2.75) is 62.5 Å². The molecule has 12 heteroatoms. The molecule has 0 atom stereocenters. The number of nitrogens with zero attached hydrogens (tertiary/aromatic N) is 2. The van der Waals surface area contributed by atoms with Gasteiger partial charge in [0.1, 0.15) is 11.1 Å². The lowest BCUT2D eigenvalue weighted by molar-refractivity contribution is -0.124. The Kier molecular flexibility index (Phi) is 9.57. The van der Waals surface area contributed by atoms with Gasteiger partial charge in [-0.2, -0.15) is 8.42 Å². The lowest BCUT2D eigenvalue weighted by atomic mass is 9.97. The third-order valence-corrected chi connectivity index (χ3v) is 9.48. The minimum absolute atomic E-state index is 0.0690. The van der Waals surface area contributed by atoms with E-state index in [1.54, 1.807) is 65.6 Å². The molecule has 11 nitrogen and oxygen atoms in total. The number of piperidine rings is 1. The fourth-order valence-electron chi connectivity index (χ4n) is 5.12. The van der Waals surface area contributed by atoms with E-state index in [1.807, 2.05) is 20.8 Å². The zero-order valence-electron chi connectivity index (χ0n) is 26.3. The number of likely N-dealkylation sites (tertiary alicyclic amines) is 1. The van der Waals surface area contributed by atoms with E-state index < -0.39 is 27.1 Å². The third kappa shape index (κ3) is 7.97. The number of benzene rings is 3. The summed E-state index contributed by atoms with van der Waals surface area (Å²) in [6.45, 7) is 7.08. The smallest absolute Gasteiger partial charge is 0.410 e. The van der Waals surface area contributed by atoms with E-state index in [4.69, 9.17) is 9.57 Å². The van der Waals surface area contributed by atoms with Crippen molar-refractivity contribution in [1.82, 2.24) is 15.5 Å². The first-order chi connectivity index (χ1) is 21.9. The molecule has 46 heavy (non-hydrogen) atoms. The van der Waals surface area contributed by atoms with Crippen LogP contribution in [0.5, 0.6) is 5.75 Å². The standard InChI is InChI=1S/C34H40N4O7S/c1-33(2,3)44-32(41)37-22-18-25(19-23-37)24-35-31(40)34(20-21-34)36-30(39)26-14-16-29(17-15-26)46(42,43)38(27-10-6-4-7-11-27)45-28-12-8-5-9-13-28/h4-17,25H,18-24H2,1-3H3,(H,35,40)(H,36,39). The van der Waals surface area contributed by atoms with Crippen LogP contribution >= 0.6 is 0 Å². The van der Waals surface area contributed by atoms with E-state index in [0.29, 0.717) is 43.9 Å². The maximum absolute atomic E-state index is 13.7. The molecule has 2 fully saturated rings. The molecule has 2 N–H and O–H groups in total. The quantitative estimate of drug-likeness (QED) is 0.299. The van der Waals surface area contributed by atoms with Gasteiger partial charge in [-0.3, -0.25) is 9.59 Å². The highest BCUT2D eigenvalue weighted by molar-refractivity contribution is 7.92. The summed E-state index contributed by atoms with van der Waals surface area (Å²) in [5.41, 5.74) is -1.01. The molecule has 0 spiro atoms. The molecule has 1 aliphatic carbocycles. The number of carbonyl (C=O) groups excluding carboxylic acids is 3. The SMILES string of the molecule is CC(C)(C)OC(=O)N1CCC(CNC(=O)C2(NC(=O)c3ccc(S(=O)(=O)N(Oc4ccccc4)c4ccccc4)cc3)CC2)CC1. The molecule has 0 unspecified atom stereocenters. The number of hydrogen-bond donors (Lipinski definition) is 2. The van der Waals surface area contributed by atoms with Crippen LogP contribution < -0.4 is 19.9 Å². The first-order valence-corrected chi connectivity index (χ1v) is 16.8. The minimum atomic E-state index is -4.18. The van der Waals surface area contributed by atoms with Crippen molar-refractivity contribution >= 4 is 33.6 Å². The number of amides is 3. The minimum Gasteiger partial charge on any atom is -0.444 e. The van der Waals surface area contributed by atoms with Gasteiger partial charge >= 0.3 is 6.09 Å². The van der Waals surface area contributed by atoms with Crippen molar-refractivity contribution in [2.24, 2.45) is 5.92 Å². The molecular weight excluding hydrogens is 608 g/mol. The maximum atomic E-state index is 13.7. The summed E-state index contributed by atoms with van der Waals surface area (Å²) in [6.07, 6.45) is 2.18. The molecule has 5 rings (SSSR count). The number of para-hydroxylation sites is 2. The van der Waals surface area contributed by atoms with Crippen molar-refractivity contribution in [3.8, 4) is 5.75 Å². The van der Waals surface area contributed by atoms with E-state index in [1.165, 1.54) is 24.3 Å². The number of rotatable bonds is 10. The molecule has 3 aromatic carbocycles. The molecular formula is C34H40N4O7S. The van der Waals surface area contributed by atoms with Gasteiger partial charge in [0.2, 0.25) is 5.91 Å². The maximum Gasteiger partial charge on any atom is 0.410 e. The fraction of sp³-hybridized carbons (Fsp3) is 0.382. The van der Waals surface area contributed by atoms with Crippen molar-refractivity contribution in [2.75, 3.05) is 24.1 Å². The van der Waals surface area contributed by atoms with E-state index in [0.717, 1.165) is 17.3 Å². The number of nitrogens with one attached hydrogen (secondary N) is 2. The molecule has 2 aliphatic rings. The average Bonchev–Trinajstić information content (AvgIpc) is 3.83. The Hall–Kier alpha value is -4.58. The molecule has 3 amide bonds. The zero-order chi connectivity index (χ0) is 33.0. The van der Waals surface area contributed by atoms with Gasteiger partial charge in [0.05, 0.1) is 10.6 Å². The fourth-order valence-corrected chi connectivity index (χ4v) is 6.37. The van der Waals surface area contributed by atoms with Crippen LogP contribution in [-0.4, -0.2) is 62.0 Å². The summed E-state index contributed by atoms with van der Waals surface area (Å²) in [5, 5.41) is 5.83. The Bertz CT molecular complexity index is 1630. The molecule has 1 saturated heterocycles. The van der Waals surface area contributed by atoms with E-state index in [2.05, 4.69) is 10.6 Å². The second kappa shape index (κ2) is 13.4. The number of sulfonamides is 1. The van der Waals surface area contributed by atoms with Crippen LogP contribution in [-0.2, 0) is 19.6 Å². The second-order valence-corrected chi connectivity index (χ2v) is 14.4. The van der Waals surface area contributed by atoms with Crippen molar-refractivity contribution in [1.29, 1.82) is 0 Å². The highest BCUT2D eigenvalue weighted by Crippen LogP contribution is 2.36. The number of carbonyl (C=O) groups is 3. The Morgan fingerprint density at radius 1 is 0.891 bits per heavy atom. The first-order valence-electron chi connectivity index (χ1n) is 15.4. The van der Waals surface area contributed by atoms with Crippen LogP contribution in [0.1, 0.15) is 56.8 Å². The normalized spacial score (nSPS) is 16.2. The second-order valence-electron chi connectivity index (χ2n) is 12.7. The molecule has 0 aromatic heterocycles. The van der Waals surface area contributed by atoms with E-state index >= 15 is 0 Å². The van der Waals surface area contributed by atoms with Crippen LogP contribution in [0, 0.1) is 5.92 Å². The van der Waals surface area contributed by atoms with Crippen molar-refractivity contribution < 1.29 is 32.4 Å². The van der Waals surface area contributed by atoms with E-state index in [9.17, 15) is 22.8 Å². The largest absolute Gasteiger partial charge is 0.444 e. The van der Waals surface area contributed by atoms with Gasteiger partial charge < -0.3 is 25.1 Å². The third-order valence-electron chi connectivity index (χ3n) is 7.89. The van der Waals surface area contributed by atoms with Crippen molar-refractivity contribution in [3.05, 3.63) is 90.5 Å². The summed E-state index contributed by atoms with van der Waals surface area (Å²) < 4.78 is 33.7. The predicted octanol–water partition coefficient (Wildman–Crippen LogP) is 4.90. The lowest BCUT2D eigenvalue weighted by Crippen LogP contribution is -2.50. The first kappa shape index (κ1) is 32.8. The number of ether oxygens (including phenoxy) is 1. The molecule has 3 aromatic rings. The Balaban J connectivity index is 1.17.